The van der Waals surface area contributed by atoms with Crippen LogP contribution in [-0.2, 0) is 4.79 Å². The van der Waals surface area contributed by atoms with Gasteiger partial charge in [-0.1, -0.05) is 6.92 Å². The first-order valence-electron chi connectivity index (χ1n) is 5.45. The van der Waals surface area contributed by atoms with Crippen LogP contribution in [0.15, 0.2) is 0 Å². The lowest BCUT2D eigenvalue weighted by atomic mass is 10.1. The number of halogens is 3. The molecule has 0 radical (unpaired) electrons. The number of carbonyl (C=O) groups is 2. The molecule has 0 bridgehead atoms. The molecule has 0 saturated carbocycles. The summed E-state index contributed by atoms with van der Waals surface area (Å²) in [7, 11) is 0. The fourth-order valence-electron chi connectivity index (χ4n) is 1.20. The lowest BCUT2D eigenvalue weighted by Crippen LogP contribution is -2.43. The third-order valence-corrected chi connectivity index (χ3v) is 2.20. The third kappa shape index (κ3) is 8.66. The van der Waals surface area contributed by atoms with Gasteiger partial charge in [-0.25, -0.2) is 4.79 Å². The minimum absolute atomic E-state index is 0.0953. The van der Waals surface area contributed by atoms with Crippen molar-refractivity contribution in [3.63, 3.8) is 0 Å². The minimum Gasteiger partial charge on any atom is -0.481 e. The number of hydrogen-bond acceptors (Lipinski definition) is 2. The molecule has 0 aromatic heterocycles. The average Bonchev–Trinajstić information content (AvgIpc) is 2.13. The SMILES string of the molecule is CC(CC(F)(F)F)NC(=O)NCCC(C)C(=O)O. The van der Waals surface area contributed by atoms with E-state index in [0.29, 0.717) is 0 Å². The Balaban J connectivity index is 3.81. The Hall–Kier alpha value is -1.47. The smallest absolute Gasteiger partial charge is 0.391 e. The number of amides is 2. The molecule has 0 spiro atoms. The van der Waals surface area contributed by atoms with Crippen LogP contribution in [0.2, 0.25) is 0 Å². The van der Waals surface area contributed by atoms with E-state index in [-0.39, 0.29) is 13.0 Å². The second-order valence-corrected chi connectivity index (χ2v) is 4.15. The van der Waals surface area contributed by atoms with E-state index in [4.69, 9.17) is 5.11 Å². The quantitative estimate of drug-likeness (QED) is 0.688. The second-order valence-electron chi connectivity index (χ2n) is 4.15. The molecule has 0 aromatic carbocycles. The zero-order chi connectivity index (χ0) is 14.3. The van der Waals surface area contributed by atoms with Crippen LogP contribution in [0.5, 0.6) is 0 Å². The molecule has 0 saturated heterocycles. The number of nitrogens with one attached hydrogen (secondary N) is 2. The summed E-state index contributed by atoms with van der Waals surface area (Å²) in [5, 5.41) is 13.0. The van der Waals surface area contributed by atoms with Crippen LogP contribution < -0.4 is 10.6 Å². The van der Waals surface area contributed by atoms with E-state index in [1.807, 2.05) is 0 Å². The molecular weight excluding hydrogens is 253 g/mol. The van der Waals surface area contributed by atoms with Crippen LogP contribution in [0.3, 0.4) is 0 Å². The topological polar surface area (TPSA) is 78.4 Å². The highest BCUT2D eigenvalue weighted by molar-refractivity contribution is 5.74. The molecule has 0 aromatic rings. The summed E-state index contributed by atoms with van der Waals surface area (Å²) >= 11 is 0. The summed E-state index contributed by atoms with van der Waals surface area (Å²) in [6, 6.07) is -1.76. The molecule has 0 aliphatic heterocycles. The van der Waals surface area contributed by atoms with Crippen LogP contribution in [0.4, 0.5) is 18.0 Å². The highest BCUT2D eigenvalue weighted by Gasteiger charge is 2.30. The molecule has 2 atom stereocenters. The number of aliphatic carboxylic acids is 1. The Morgan fingerprint density at radius 3 is 2.28 bits per heavy atom. The van der Waals surface area contributed by atoms with Crippen molar-refractivity contribution in [3.05, 3.63) is 0 Å². The van der Waals surface area contributed by atoms with Gasteiger partial charge >= 0.3 is 18.2 Å². The fourth-order valence-corrected chi connectivity index (χ4v) is 1.20. The number of rotatable bonds is 6. The predicted molar refractivity (Wildman–Crippen MR) is 58.1 cm³/mol. The van der Waals surface area contributed by atoms with Gasteiger partial charge < -0.3 is 15.7 Å². The monoisotopic (exact) mass is 270 g/mol. The number of urea groups is 1. The van der Waals surface area contributed by atoms with E-state index in [1.54, 1.807) is 0 Å². The maximum absolute atomic E-state index is 12.0. The molecule has 3 N–H and O–H groups in total. The van der Waals surface area contributed by atoms with Gasteiger partial charge in [-0.3, -0.25) is 4.79 Å². The molecule has 2 amide bonds. The van der Waals surface area contributed by atoms with Crippen molar-refractivity contribution in [2.75, 3.05) is 6.54 Å². The van der Waals surface area contributed by atoms with E-state index < -0.39 is 36.6 Å². The maximum Gasteiger partial charge on any atom is 0.391 e. The predicted octanol–water partition coefficient (Wildman–Crippen LogP) is 1.74. The highest BCUT2D eigenvalue weighted by atomic mass is 19.4. The Kier molecular flexibility index (Phi) is 6.50. The normalized spacial score (nSPS) is 14.7. The highest BCUT2D eigenvalue weighted by Crippen LogP contribution is 2.21. The van der Waals surface area contributed by atoms with Crippen molar-refractivity contribution in [2.45, 2.75) is 38.9 Å². The number of carboxylic acid groups (broad SMARTS) is 1. The maximum atomic E-state index is 12.0. The zero-order valence-electron chi connectivity index (χ0n) is 10.2. The largest absolute Gasteiger partial charge is 0.481 e. The lowest BCUT2D eigenvalue weighted by Gasteiger charge is -2.16. The lowest BCUT2D eigenvalue weighted by molar-refractivity contribution is -0.141. The van der Waals surface area contributed by atoms with E-state index >= 15 is 0 Å². The van der Waals surface area contributed by atoms with Gasteiger partial charge in [0.25, 0.3) is 0 Å². The fraction of sp³-hybridized carbons (Fsp3) is 0.800. The van der Waals surface area contributed by atoms with Crippen molar-refractivity contribution in [3.8, 4) is 0 Å². The van der Waals surface area contributed by atoms with Gasteiger partial charge in [-0.2, -0.15) is 13.2 Å². The van der Waals surface area contributed by atoms with Crippen LogP contribution >= 0.6 is 0 Å². The standard InChI is InChI=1S/C10H17F3N2O3/c1-6(8(16)17)3-4-14-9(18)15-7(2)5-10(11,12)13/h6-7H,3-5H2,1-2H3,(H,16,17)(H2,14,15,18). The van der Waals surface area contributed by atoms with Gasteiger partial charge in [-0.05, 0) is 13.3 Å². The molecule has 0 fully saturated rings. The minimum atomic E-state index is -4.33. The first-order chi connectivity index (χ1) is 8.11. The molecule has 0 rings (SSSR count). The first kappa shape index (κ1) is 16.5. The molecule has 0 aliphatic rings. The van der Waals surface area contributed by atoms with Crippen LogP contribution in [-0.4, -0.2) is 35.9 Å². The van der Waals surface area contributed by atoms with E-state index in [0.717, 1.165) is 0 Å². The summed E-state index contributed by atoms with van der Waals surface area (Å²) in [6.45, 7) is 2.82. The van der Waals surface area contributed by atoms with Crippen LogP contribution in [0.25, 0.3) is 0 Å². The summed E-state index contributed by atoms with van der Waals surface area (Å²) in [5.74, 6) is -1.60. The van der Waals surface area contributed by atoms with Gasteiger partial charge in [0.2, 0.25) is 0 Å². The molecule has 0 aliphatic carbocycles. The van der Waals surface area contributed by atoms with Gasteiger partial charge in [0, 0.05) is 12.6 Å². The van der Waals surface area contributed by atoms with Gasteiger partial charge in [0.1, 0.15) is 0 Å². The van der Waals surface area contributed by atoms with E-state index in [2.05, 4.69) is 10.6 Å². The number of alkyl halides is 3. The van der Waals surface area contributed by atoms with Crippen molar-refractivity contribution < 1.29 is 27.9 Å². The van der Waals surface area contributed by atoms with Gasteiger partial charge in [-0.15, -0.1) is 0 Å². The molecule has 106 valence electrons. The summed E-state index contributed by atoms with van der Waals surface area (Å²) < 4.78 is 35.9. The molecule has 5 nitrogen and oxygen atoms in total. The number of carboxylic acids is 1. The molecule has 0 heterocycles. The van der Waals surface area contributed by atoms with E-state index in [9.17, 15) is 22.8 Å². The Bertz CT molecular complexity index is 295. The van der Waals surface area contributed by atoms with Crippen molar-refractivity contribution in [1.29, 1.82) is 0 Å². The molecule has 18 heavy (non-hydrogen) atoms. The molecule has 2 unspecified atom stereocenters. The Morgan fingerprint density at radius 1 is 1.28 bits per heavy atom. The van der Waals surface area contributed by atoms with Gasteiger partial charge in [0.15, 0.2) is 0 Å². The van der Waals surface area contributed by atoms with Gasteiger partial charge in [0.05, 0.1) is 12.3 Å². The van der Waals surface area contributed by atoms with Crippen molar-refractivity contribution >= 4 is 12.0 Å². The van der Waals surface area contributed by atoms with Crippen LogP contribution in [0.1, 0.15) is 26.7 Å². The third-order valence-electron chi connectivity index (χ3n) is 2.20. The second kappa shape index (κ2) is 7.07. The molecular formula is C10H17F3N2O3. The Morgan fingerprint density at radius 2 is 1.83 bits per heavy atom. The average molecular weight is 270 g/mol. The van der Waals surface area contributed by atoms with Crippen LogP contribution in [0, 0.1) is 5.92 Å². The summed E-state index contributed by atoms with van der Waals surface area (Å²) in [6.07, 6.45) is -5.22. The molecule has 8 heteroatoms. The van der Waals surface area contributed by atoms with E-state index in [1.165, 1.54) is 13.8 Å². The zero-order valence-corrected chi connectivity index (χ0v) is 10.2. The Labute approximate surface area is 103 Å². The number of carbonyl (C=O) groups excluding carboxylic acids is 1. The first-order valence-corrected chi connectivity index (χ1v) is 5.45. The summed E-state index contributed by atoms with van der Waals surface area (Å²) in [5.41, 5.74) is 0. The summed E-state index contributed by atoms with van der Waals surface area (Å²) in [4.78, 5) is 21.6. The van der Waals surface area contributed by atoms with Crippen molar-refractivity contribution in [1.82, 2.24) is 10.6 Å². The van der Waals surface area contributed by atoms with Crippen molar-refractivity contribution in [2.24, 2.45) is 5.92 Å². The number of hydrogen-bond donors (Lipinski definition) is 3.